The van der Waals surface area contributed by atoms with Crippen molar-refractivity contribution >= 4 is 27.4 Å². The number of hydrogen-bond acceptors (Lipinski definition) is 5. The van der Waals surface area contributed by atoms with Gasteiger partial charge in [0.15, 0.2) is 0 Å². The largest absolute Gasteiger partial charge is 0.462 e. The Morgan fingerprint density at radius 3 is 2.05 bits per heavy atom. The summed E-state index contributed by atoms with van der Waals surface area (Å²) in [6.45, 7) is 3.95. The molecule has 1 atom stereocenters. The van der Waals surface area contributed by atoms with E-state index >= 15 is 0 Å². The summed E-state index contributed by atoms with van der Waals surface area (Å²) < 4.78 is 34.9. The van der Waals surface area contributed by atoms with Crippen molar-refractivity contribution in [2.75, 3.05) is 6.61 Å². The third-order valence-corrected chi connectivity index (χ3v) is 8.22. The van der Waals surface area contributed by atoms with Crippen LogP contribution in [-0.4, -0.2) is 31.0 Å². The average Bonchev–Trinajstić information content (AvgIpc) is 2.98. The summed E-state index contributed by atoms with van der Waals surface area (Å²) in [5.41, 5.74) is 4.73. The molecule has 0 spiro atoms. The van der Waals surface area contributed by atoms with Crippen LogP contribution >= 0.6 is 0 Å². The second kappa shape index (κ2) is 11.1. The molecule has 196 valence electrons. The zero-order valence-corrected chi connectivity index (χ0v) is 22.5. The van der Waals surface area contributed by atoms with Gasteiger partial charge in [0.2, 0.25) is 0 Å². The molecule has 6 nitrogen and oxygen atoms in total. The molecule has 5 rings (SSSR count). The first-order chi connectivity index (χ1) is 18.9. The van der Waals surface area contributed by atoms with Gasteiger partial charge in [0.25, 0.3) is 10.0 Å². The summed E-state index contributed by atoms with van der Waals surface area (Å²) in [6, 6.07) is 32.1. The summed E-state index contributed by atoms with van der Waals surface area (Å²) in [5.74, 6) is -0.414. The van der Waals surface area contributed by atoms with Crippen LogP contribution in [0.25, 0.3) is 5.70 Å². The molecule has 1 unspecified atom stereocenters. The van der Waals surface area contributed by atoms with Crippen LogP contribution in [0.2, 0.25) is 0 Å². The Bertz CT molecular complexity index is 1630. The fourth-order valence-corrected chi connectivity index (χ4v) is 5.94. The van der Waals surface area contributed by atoms with Gasteiger partial charge in [-0.3, -0.25) is 4.31 Å². The fourth-order valence-electron chi connectivity index (χ4n) is 4.48. The van der Waals surface area contributed by atoms with E-state index in [1.165, 1.54) is 4.31 Å². The molecule has 0 radical (unpaired) electrons. The Kier molecular flexibility index (Phi) is 7.43. The number of aryl methyl sites for hydroxylation is 1. The summed E-state index contributed by atoms with van der Waals surface area (Å²) in [5, 5.41) is 0. The second-order valence-corrected chi connectivity index (χ2v) is 11.0. The van der Waals surface area contributed by atoms with E-state index in [9.17, 15) is 13.2 Å². The van der Waals surface area contributed by atoms with E-state index in [4.69, 9.17) is 9.73 Å². The molecule has 39 heavy (non-hydrogen) atoms. The molecule has 0 bridgehead atoms. The summed E-state index contributed by atoms with van der Waals surface area (Å²) in [6.07, 6.45) is 1.58. The van der Waals surface area contributed by atoms with Crippen molar-refractivity contribution in [2.24, 2.45) is 4.99 Å². The Labute approximate surface area is 229 Å². The molecule has 4 aromatic rings. The molecule has 4 aromatic carbocycles. The van der Waals surface area contributed by atoms with Crippen LogP contribution in [0.4, 0.5) is 0 Å². The Balaban J connectivity index is 1.70. The molecular formula is C32H28N2O4S. The summed E-state index contributed by atoms with van der Waals surface area (Å²) in [4.78, 5) is 17.4. The zero-order valence-electron chi connectivity index (χ0n) is 21.7. The number of carbonyl (C=O) groups is 1. The Hall–Kier alpha value is -4.49. The highest BCUT2D eigenvalue weighted by Gasteiger charge is 2.37. The number of rotatable bonds is 7. The molecule has 0 aliphatic carbocycles. The van der Waals surface area contributed by atoms with Gasteiger partial charge in [-0.2, -0.15) is 0 Å². The maximum atomic E-state index is 14.2. The highest BCUT2D eigenvalue weighted by molar-refractivity contribution is 7.89. The van der Waals surface area contributed by atoms with Gasteiger partial charge in [0.1, 0.15) is 6.04 Å². The molecule has 0 saturated carbocycles. The molecular weight excluding hydrogens is 508 g/mol. The van der Waals surface area contributed by atoms with Gasteiger partial charge >= 0.3 is 5.97 Å². The number of ether oxygens (including phenoxy) is 1. The van der Waals surface area contributed by atoms with Gasteiger partial charge in [0.05, 0.1) is 28.5 Å². The van der Waals surface area contributed by atoms with Crippen molar-refractivity contribution in [3.8, 4) is 0 Å². The molecule has 0 saturated heterocycles. The first-order valence-electron chi connectivity index (χ1n) is 12.7. The monoisotopic (exact) mass is 536 g/mol. The van der Waals surface area contributed by atoms with Crippen molar-refractivity contribution in [3.05, 3.63) is 143 Å². The number of esters is 1. The standard InChI is InChI=1S/C32H28N2O4S/c1-3-38-32(35)27-18-16-24(17-19-27)29-22-34(39(36,37)28-20-14-23(2)15-21-28)31(26-12-8-5-9-13-26)30(33-29)25-10-6-4-7-11-25/h4-22,31H,3H2,1-2H3. The summed E-state index contributed by atoms with van der Waals surface area (Å²) in [7, 11) is -3.98. The Morgan fingerprint density at radius 1 is 0.821 bits per heavy atom. The van der Waals surface area contributed by atoms with Gasteiger partial charge in [-0.05, 0) is 49.2 Å². The lowest BCUT2D eigenvalue weighted by Crippen LogP contribution is -2.38. The van der Waals surface area contributed by atoms with Crippen molar-refractivity contribution in [2.45, 2.75) is 24.8 Å². The predicted octanol–water partition coefficient (Wildman–Crippen LogP) is 6.41. The minimum absolute atomic E-state index is 0.191. The zero-order chi connectivity index (χ0) is 27.4. The highest BCUT2D eigenvalue weighted by atomic mass is 32.2. The third kappa shape index (κ3) is 5.40. The van der Waals surface area contributed by atoms with Gasteiger partial charge in [0, 0.05) is 11.8 Å². The molecule has 7 heteroatoms. The van der Waals surface area contributed by atoms with Crippen LogP contribution in [0.5, 0.6) is 0 Å². The van der Waals surface area contributed by atoms with Crippen LogP contribution in [0.3, 0.4) is 0 Å². The smallest absolute Gasteiger partial charge is 0.338 e. The van der Waals surface area contributed by atoms with Crippen LogP contribution < -0.4 is 0 Å². The van der Waals surface area contributed by atoms with Crippen molar-refractivity contribution in [1.82, 2.24) is 4.31 Å². The van der Waals surface area contributed by atoms with E-state index in [1.807, 2.05) is 67.6 Å². The molecule has 0 amide bonds. The van der Waals surface area contributed by atoms with E-state index in [1.54, 1.807) is 61.7 Å². The van der Waals surface area contributed by atoms with Crippen molar-refractivity contribution in [1.29, 1.82) is 0 Å². The second-order valence-electron chi connectivity index (χ2n) is 9.14. The first kappa shape index (κ1) is 26.1. The average molecular weight is 537 g/mol. The number of sulfonamides is 1. The van der Waals surface area contributed by atoms with E-state index in [0.717, 1.165) is 16.7 Å². The van der Waals surface area contributed by atoms with Crippen LogP contribution in [0.1, 0.15) is 45.6 Å². The number of benzene rings is 4. The lowest BCUT2D eigenvalue weighted by Gasteiger charge is -2.35. The number of nitrogens with zero attached hydrogens (tertiary/aromatic N) is 2. The van der Waals surface area contributed by atoms with Gasteiger partial charge in [-0.25, -0.2) is 18.2 Å². The topological polar surface area (TPSA) is 76.0 Å². The van der Waals surface area contributed by atoms with Gasteiger partial charge < -0.3 is 4.74 Å². The van der Waals surface area contributed by atoms with E-state index < -0.39 is 22.0 Å². The molecule has 1 aliphatic heterocycles. The molecule has 1 aliphatic rings. The van der Waals surface area contributed by atoms with Crippen LogP contribution in [0, 0.1) is 6.92 Å². The quantitative estimate of drug-likeness (QED) is 0.256. The Morgan fingerprint density at radius 2 is 1.44 bits per heavy atom. The van der Waals surface area contributed by atoms with E-state index in [-0.39, 0.29) is 11.5 Å². The fraction of sp³-hybridized carbons (Fsp3) is 0.125. The van der Waals surface area contributed by atoms with Gasteiger partial charge in [-0.1, -0.05) is 90.5 Å². The van der Waals surface area contributed by atoms with Crippen LogP contribution in [0.15, 0.2) is 125 Å². The minimum Gasteiger partial charge on any atom is -0.462 e. The van der Waals surface area contributed by atoms with Crippen LogP contribution in [-0.2, 0) is 14.8 Å². The van der Waals surface area contributed by atoms with E-state index in [2.05, 4.69) is 0 Å². The normalized spacial score (nSPS) is 15.3. The SMILES string of the molecule is CCOC(=O)c1ccc(C2=CN(S(=O)(=O)c3ccc(C)cc3)C(c3ccccc3)C(c3ccccc3)=N2)cc1. The highest BCUT2D eigenvalue weighted by Crippen LogP contribution is 2.38. The lowest BCUT2D eigenvalue weighted by molar-refractivity contribution is 0.0526. The first-order valence-corrected chi connectivity index (χ1v) is 14.1. The summed E-state index contributed by atoms with van der Waals surface area (Å²) >= 11 is 0. The molecule has 0 aromatic heterocycles. The van der Waals surface area contributed by atoms with Gasteiger partial charge in [-0.15, -0.1) is 0 Å². The third-order valence-electron chi connectivity index (χ3n) is 6.48. The number of hydrogen-bond donors (Lipinski definition) is 0. The number of aliphatic imine (C=N–C) groups is 1. The molecule has 1 heterocycles. The van der Waals surface area contributed by atoms with E-state index in [0.29, 0.717) is 22.5 Å². The van der Waals surface area contributed by atoms with Crippen molar-refractivity contribution in [3.63, 3.8) is 0 Å². The maximum absolute atomic E-state index is 14.2. The van der Waals surface area contributed by atoms with Crippen molar-refractivity contribution < 1.29 is 17.9 Å². The lowest BCUT2D eigenvalue weighted by atomic mass is 9.94. The predicted molar refractivity (Wildman–Crippen MR) is 153 cm³/mol. The minimum atomic E-state index is -3.98. The number of carbonyl (C=O) groups excluding carboxylic acids is 1. The molecule has 0 fully saturated rings. The maximum Gasteiger partial charge on any atom is 0.338 e. The molecule has 0 N–H and O–H groups in total.